The second kappa shape index (κ2) is 11.3. The van der Waals surface area contributed by atoms with Crippen LogP contribution in [0.1, 0.15) is 23.6 Å². The molecule has 0 radical (unpaired) electrons. The highest BCUT2D eigenvalue weighted by atomic mass is 127. The number of nitro groups is 1. The van der Waals surface area contributed by atoms with Crippen LogP contribution in [0, 0.1) is 13.7 Å². The van der Waals surface area contributed by atoms with Crippen LogP contribution in [0.4, 0.5) is 5.69 Å². The molecule has 0 unspecified atom stereocenters. The molecule has 0 aromatic heterocycles. The van der Waals surface area contributed by atoms with Crippen LogP contribution in [0.3, 0.4) is 0 Å². The fourth-order valence-electron chi connectivity index (χ4n) is 3.33. The molecule has 1 heterocycles. The minimum atomic E-state index is -0.735. The molecule has 11 heteroatoms. The van der Waals surface area contributed by atoms with Gasteiger partial charge >= 0.3 is 5.97 Å². The first-order valence-corrected chi connectivity index (χ1v) is 12.4. The number of halogens is 3. The third-order valence-electron chi connectivity index (χ3n) is 4.92. The first-order chi connectivity index (χ1) is 17.2. The van der Waals surface area contributed by atoms with Crippen molar-refractivity contribution in [2.45, 2.75) is 13.5 Å². The third kappa shape index (κ3) is 5.97. The van der Waals surface area contributed by atoms with Crippen molar-refractivity contribution >= 4 is 69.4 Å². The zero-order valence-corrected chi connectivity index (χ0v) is 22.3. The second-order valence-corrected chi connectivity index (χ2v) is 9.50. The van der Waals surface area contributed by atoms with Gasteiger partial charge < -0.3 is 14.2 Å². The van der Waals surface area contributed by atoms with Crippen molar-refractivity contribution in [1.29, 1.82) is 0 Å². The van der Waals surface area contributed by atoms with Gasteiger partial charge in [0.1, 0.15) is 6.61 Å². The van der Waals surface area contributed by atoms with Crippen molar-refractivity contribution in [3.05, 3.63) is 101 Å². The van der Waals surface area contributed by atoms with E-state index in [1.54, 1.807) is 12.1 Å². The quantitative estimate of drug-likeness (QED) is 0.0882. The molecule has 0 spiro atoms. The van der Waals surface area contributed by atoms with Crippen molar-refractivity contribution in [3.63, 3.8) is 0 Å². The monoisotopic (exact) mass is 638 g/mol. The number of aliphatic imine (C=N–C) groups is 1. The maximum atomic E-state index is 12.5. The summed E-state index contributed by atoms with van der Waals surface area (Å²) in [6.07, 6.45) is 1.47. The predicted molar refractivity (Wildman–Crippen MR) is 145 cm³/mol. The number of carbonyl (C=O) groups is 1. The third-order valence-corrected chi connectivity index (χ3v) is 6.20. The van der Waals surface area contributed by atoms with Crippen LogP contribution in [0.2, 0.25) is 10.0 Å². The molecule has 1 aliphatic heterocycles. The number of hydrogen-bond donors (Lipinski definition) is 0. The summed E-state index contributed by atoms with van der Waals surface area (Å²) in [6.45, 7) is 2.49. The summed E-state index contributed by atoms with van der Waals surface area (Å²) >= 11 is 14.9. The summed E-state index contributed by atoms with van der Waals surface area (Å²) in [4.78, 5) is 27.2. The molecule has 36 heavy (non-hydrogen) atoms. The minimum absolute atomic E-state index is 0.0291. The molecule has 0 saturated heterocycles. The molecule has 0 atom stereocenters. The average molecular weight is 639 g/mol. The number of carbonyl (C=O) groups excluding carboxylic acids is 1. The number of esters is 1. The Balaban J connectivity index is 1.64. The number of cyclic esters (lactones) is 1. The van der Waals surface area contributed by atoms with E-state index in [9.17, 15) is 14.9 Å². The highest BCUT2D eigenvalue weighted by Gasteiger charge is 2.27. The van der Waals surface area contributed by atoms with Gasteiger partial charge in [0.2, 0.25) is 5.90 Å². The van der Waals surface area contributed by atoms with E-state index < -0.39 is 10.9 Å². The van der Waals surface area contributed by atoms with Crippen molar-refractivity contribution in [2.75, 3.05) is 6.61 Å². The summed E-state index contributed by atoms with van der Waals surface area (Å²) in [7, 11) is 0. The van der Waals surface area contributed by atoms with Crippen LogP contribution >= 0.6 is 45.8 Å². The Morgan fingerprint density at radius 2 is 1.92 bits per heavy atom. The van der Waals surface area contributed by atoms with Crippen LogP contribution in [0.5, 0.6) is 11.5 Å². The van der Waals surface area contributed by atoms with Gasteiger partial charge in [-0.1, -0.05) is 35.3 Å². The Morgan fingerprint density at radius 3 is 2.64 bits per heavy atom. The van der Waals surface area contributed by atoms with Gasteiger partial charge in [-0.2, -0.15) is 0 Å². The van der Waals surface area contributed by atoms with Crippen molar-refractivity contribution in [2.24, 2.45) is 4.99 Å². The molecule has 0 amide bonds. The highest BCUT2D eigenvalue weighted by molar-refractivity contribution is 14.1. The van der Waals surface area contributed by atoms with E-state index >= 15 is 0 Å². The van der Waals surface area contributed by atoms with Crippen LogP contribution < -0.4 is 9.47 Å². The van der Waals surface area contributed by atoms with Crippen LogP contribution in [-0.2, 0) is 16.1 Å². The molecule has 184 valence electrons. The molecule has 0 aliphatic carbocycles. The predicted octanol–water partition coefficient (Wildman–Crippen LogP) is 6.83. The fourth-order valence-corrected chi connectivity index (χ4v) is 4.41. The standard InChI is InChI=1S/C25H17Cl2IN2O6/c1-2-34-22-11-15(9-20(27)23(22)35-13-14-4-3-5-16(28)8-14)10-21-25(31)36-24(29-21)18-12-17(30(32)33)6-7-19(18)26/h3-12H,2,13H2,1H3/b21-10-. The molecule has 3 aromatic rings. The summed E-state index contributed by atoms with van der Waals surface area (Å²) in [5.74, 6) is -0.0879. The smallest absolute Gasteiger partial charge is 0.363 e. The Labute approximate surface area is 229 Å². The number of ether oxygens (including phenoxy) is 3. The van der Waals surface area contributed by atoms with Crippen LogP contribution in [0.25, 0.3) is 6.08 Å². The molecule has 1 aliphatic rings. The van der Waals surface area contributed by atoms with E-state index in [1.165, 1.54) is 24.3 Å². The van der Waals surface area contributed by atoms with Crippen molar-refractivity contribution in [3.8, 4) is 11.5 Å². The highest BCUT2D eigenvalue weighted by Crippen LogP contribution is 2.38. The fraction of sp³-hybridized carbons (Fsp3) is 0.120. The summed E-state index contributed by atoms with van der Waals surface area (Å²) < 4.78 is 18.0. The minimum Gasteiger partial charge on any atom is -0.490 e. The van der Waals surface area contributed by atoms with E-state index in [2.05, 4.69) is 27.6 Å². The number of benzene rings is 3. The SMILES string of the molecule is CCOc1cc(/C=C2\N=C(c3cc([N+](=O)[O-])ccc3Cl)OC2=O)cc(Cl)c1OCc1cccc(I)c1. The second-order valence-electron chi connectivity index (χ2n) is 7.44. The van der Waals surface area contributed by atoms with Gasteiger partial charge in [0.25, 0.3) is 5.69 Å². The van der Waals surface area contributed by atoms with Gasteiger partial charge in [-0.05, 0) is 77.0 Å². The zero-order valence-electron chi connectivity index (χ0n) is 18.7. The lowest BCUT2D eigenvalue weighted by Gasteiger charge is -2.15. The lowest BCUT2D eigenvalue weighted by atomic mass is 10.1. The molecule has 0 bridgehead atoms. The lowest BCUT2D eigenvalue weighted by molar-refractivity contribution is -0.384. The Bertz CT molecular complexity index is 1420. The Hall–Kier alpha value is -3.15. The largest absolute Gasteiger partial charge is 0.490 e. The van der Waals surface area contributed by atoms with E-state index in [0.29, 0.717) is 30.3 Å². The van der Waals surface area contributed by atoms with Gasteiger partial charge in [-0.3, -0.25) is 10.1 Å². The first kappa shape index (κ1) is 25.9. The van der Waals surface area contributed by atoms with E-state index in [-0.39, 0.29) is 32.9 Å². The topological polar surface area (TPSA) is 100 Å². The summed E-state index contributed by atoms with van der Waals surface area (Å²) in [5.41, 5.74) is 1.39. The normalized spacial score (nSPS) is 13.9. The lowest BCUT2D eigenvalue weighted by Crippen LogP contribution is -2.06. The molecule has 0 fully saturated rings. The molecular formula is C25H17Cl2IN2O6. The zero-order chi connectivity index (χ0) is 25.8. The maximum absolute atomic E-state index is 12.5. The summed E-state index contributed by atoms with van der Waals surface area (Å²) in [6, 6.07) is 15.0. The van der Waals surface area contributed by atoms with E-state index in [0.717, 1.165) is 9.13 Å². The molecule has 8 nitrogen and oxygen atoms in total. The van der Waals surface area contributed by atoms with Crippen molar-refractivity contribution < 1.29 is 23.9 Å². The molecule has 0 saturated carbocycles. The van der Waals surface area contributed by atoms with Crippen molar-refractivity contribution in [1.82, 2.24) is 0 Å². The van der Waals surface area contributed by atoms with Crippen LogP contribution in [-0.4, -0.2) is 23.4 Å². The number of nitrogens with zero attached hydrogens (tertiary/aromatic N) is 2. The maximum Gasteiger partial charge on any atom is 0.363 e. The van der Waals surface area contributed by atoms with Gasteiger partial charge in [0.05, 0.1) is 27.1 Å². The van der Waals surface area contributed by atoms with Gasteiger partial charge in [-0.15, -0.1) is 0 Å². The van der Waals surface area contributed by atoms with Gasteiger partial charge in [0, 0.05) is 15.7 Å². The average Bonchev–Trinajstić information content (AvgIpc) is 3.18. The first-order valence-electron chi connectivity index (χ1n) is 10.6. The van der Waals surface area contributed by atoms with Crippen LogP contribution in [0.15, 0.2) is 65.3 Å². The van der Waals surface area contributed by atoms with E-state index in [1.807, 2.05) is 31.2 Å². The van der Waals surface area contributed by atoms with E-state index in [4.69, 9.17) is 37.4 Å². The number of nitro benzene ring substituents is 1. The Kier molecular flexibility index (Phi) is 8.12. The Morgan fingerprint density at radius 1 is 1.11 bits per heavy atom. The number of rotatable bonds is 8. The summed E-state index contributed by atoms with van der Waals surface area (Å²) in [5, 5.41) is 11.5. The molecular weight excluding hydrogens is 622 g/mol. The molecule has 0 N–H and O–H groups in total. The van der Waals surface area contributed by atoms with Gasteiger partial charge in [0.15, 0.2) is 17.2 Å². The molecule has 4 rings (SSSR count). The molecule has 3 aromatic carbocycles. The number of hydrogen-bond acceptors (Lipinski definition) is 7. The van der Waals surface area contributed by atoms with Gasteiger partial charge in [-0.25, -0.2) is 9.79 Å². The number of non-ortho nitro benzene ring substituents is 1.